The van der Waals surface area contributed by atoms with E-state index in [1.807, 2.05) is 0 Å². The molecule has 1 aliphatic carbocycles. The van der Waals surface area contributed by atoms with Crippen molar-refractivity contribution in [1.29, 1.82) is 0 Å². The van der Waals surface area contributed by atoms with Gasteiger partial charge in [-0.1, -0.05) is 69.9 Å². The van der Waals surface area contributed by atoms with E-state index in [-0.39, 0.29) is 0 Å². The first-order valence-electron chi connectivity index (χ1n) is 8.16. The van der Waals surface area contributed by atoms with Crippen LogP contribution in [0.15, 0.2) is 30.3 Å². The monoisotopic (exact) mass is 259 g/mol. The van der Waals surface area contributed by atoms with E-state index in [1.165, 1.54) is 50.5 Å². The minimum absolute atomic E-state index is 0.545. The van der Waals surface area contributed by atoms with Crippen LogP contribution in [0.1, 0.15) is 70.4 Å². The average molecular weight is 259 g/mol. The van der Waals surface area contributed by atoms with Crippen LogP contribution < -0.4 is 5.32 Å². The molecule has 0 aromatic heterocycles. The van der Waals surface area contributed by atoms with Gasteiger partial charge in [0.1, 0.15) is 0 Å². The lowest BCUT2D eigenvalue weighted by Gasteiger charge is -2.35. The first kappa shape index (κ1) is 14.6. The van der Waals surface area contributed by atoms with Gasteiger partial charge >= 0.3 is 0 Å². The Morgan fingerprint density at radius 3 is 2.53 bits per heavy atom. The minimum Gasteiger partial charge on any atom is -0.307 e. The van der Waals surface area contributed by atoms with Gasteiger partial charge in [-0.05, 0) is 30.7 Å². The summed E-state index contributed by atoms with van der Waals surface area (Å²) in [6.45, 7) is 4.64. The van der Waals surface area contributed by atoms with Crippen molar-refractivity contribution >= 4 is 0 Å². The van der Waals surface area contributed by atoms with E-state index in [9.17, 15) is 0 Å². The molecule has 1 fully saturated rings. The molecule has 0 saturated heterocycles. The molecule has 3 unspecified atom stereocenters. The van der Waals surface area contributed by atoms with Crippen LogP contribution in [0.2, 0.25) is 0 Å². The highest BCUT2D eigenvalue weighted by Gasteiger charge is 2.25. The first-order chi connectivity index (χ1) is 9.35. The molecule has 19 heavy (non-hydrogen) atoms. The van der Waals surface area contributed by atoms with Crippen LogP contribution in [-0.4, -0.2) is 6.04 Å². The molecule has 3 atom stereocenters. The largest absolute Gasteiger partial charge is 0.307 e. The molecule has 1 N–H and O–H groups in total. The van der Waals surface area contributed by atoms with Gasteiger partial charge in [-0.3, -0.25) is 0 Å². The number of nitrogens with one attached hydrogen (secondary N) is 1. The third-order valence-corrected chi connectivity index (χ3v) is 4.63. The van der Waals surface area contributed by atoms with Gasteiger partial charge in [0, 0.05) is 12.1 Å². The van der Waals surface area contributed by atoms with Crippen LogP contribution in [0.5, 0.6) is 0 Å². The number of rotatable bonds is 6. The third kappa shape index (κ3) is 4.07. The van der Waals surface area contributed by atoms with Crippen LogP contribution in [0.25, 0.3) is 0 Å². The van der Waals surface area contributed by atoms with Crippen molar-refractivity contribution in [3.05, 3.63) is 35.9 Å². The van der Waals surface area contributed by atoms with E-state index < -0.39 is 0 Å². The summed E-state index contributed by atoms with van der Waals surface area (Å²) in [5.41, 5.74) is 1.46. The van der Waals surface area contributed by atoms with Crippen molar-refractivity contribution in [2.75, 3.05) is 0 Å². The molecule has 106 valence electrons. The Morgan fingerprint density at radius 2 is 1.84 bits per heavy atom. The molecule has 1 aromatic carbocycles. The molecular formula is C18H29N. The van der Waals surface area contributed by atoms with Gasteiger partial charge in [0.25, 0.3) is 0 Å². The van der Waals surface area contributed by atoms with Gasteiger partial charge in [0.2, 0.25) is 0 Å². The molecular weight excluding hydrogens is 230 g/mol. The smallest absolute Gasteiger partial charge is 0.0322 e. The van der Waals surface area contributed by atoms with Crippen LogP contribution in [0, 0.1) is 5.92 Å². The highest BCUT2D eigenvalue weighted by Crippen LogP contribution is 2.30. The lowest BCUT2D eigenvalue weighted by atomic mass is 9.82. The van der Waals surface area contributed by atoms with E-state index in [2.05, 4.69) is 49.5 Å². The molecule has 0 radical (unpaired) electrons. The fraction of sp³-hybridized carbons (Fsp3) is 0.667. The Labute approximate surface area is 118 Å². The molecule has 1 aromatic rings. The van der Waals surface area contributed by atoms with Crippen LogP contribution in [-0.2, 0) is 0 Å². The zero-order valence-electron chi connectivity index (χ0n) is 12.6. The van der Waals surface area contributed by atoms with Crippen molar-refractivity contribution in [3.8, 4) is 0 Å². The molecule has 1 nitrogen and oxygen atoms in total. The van der Waals surface area contributed by atoms with Gasteiger partial charge in [-0.15, -0.1) is 0 Å². The quantitative estimate of drug-likeness (QED) is 0.750. The Kier molecular flexibility index (Phi) is 5.91. The zero-order chi connectivity index (χ0) is 13.5. The van der Waals surface area contributed by atoms with Gasteiger partial charge in [-0.2, -0.15) is 0 Å². The Balaban J connectivity index is 2.03. The standard InChI is InChI=1S/C18H29N/c1-3-10-17(16-12-6-5-7-13-16)19-18-14-9-8-11-15(18)4-2/h5-7,12-13,15,17-19H,3-4,8-11,14H2,1-2H3. The highest BCUT2D eigenvalue weighted by atomic mass is 15.0. The van der Waals surface area contributed by atoms with Gasteiger partial charge in [-0.25, -0.2) is 0 Å². The van der Waals surface area contributed by atoms with Crippen molar-refractivity contribution in [2.24, 2.45) is 5.92 Å². The normalized spacial score (nSPS) is 25.2. The maximum absolute atomic E-state index is 3.97. The van der Waals surface area contributed by atoms with Crippen LogP contribution >= 0.6 is 0 Å². The second-order valence-electron chi connectivity index (χ2n) is 5.98. The Bertz CT molecular complexity index is 346. The molecule has 1 heteroatoms. The van der Waals surface area contributed by atoms with Crippen molar-refractivity contribution < 1.29 is 0 Å². The summed E-state index contributed by atoms with van der Waals surface area (Å²) in [5.74, 6) is 0.886. The third-order valence-electron chi connectivity index (χ3n) is 4.63. The Morgan fingerprint density at radius 1 is 1.11 bits per heavy atom. The van der Waals surface area contributed by atoms with Crippen LogP contribution in [0.3, 0.4) is 0 Å². The van der Waals surface area contributed by atoms with Crippen molar-refractivity contribution in [2.45, 2.75) is 70.9 Å². The van der Waals surface area contributed by atoms with Crippen molar-refractivity contribution in [1.82, 2.24) is 5.32 Å². The molecule has 0 spiro atoms. The lowest BCUT2D eigenvalue weighted by molar-refractivity contribution is 0.232. The molecule has 0 amide bonds. The summed E-state index contributed by atoms with van der Waals surface area (Å²) in [5, 5.41) is 3.97. The second-order valence-corrected chi connectivity index (χ2v) is 5.98. The van der Waals surface area contributed by atoms with E-state index in [0.717, 1.165) is 12.0 Å². The summed E-state index contributed by atoms with van der Waals surface area (Å²) >= 11 is 0. The van der Waals surface area contributed by atoms with Crippen molar-refractivity contribution in [3.63, 3.8) is 0 Å². The zero-order valence-corrected chi connectivity index (χ0v) is 12.6. The number of hydrogen-bond acceptors (Lipinski definition) is 1. The van der Waals surface area contributed by atoms with E-state index in [0.29, 0.717) is 6.04 Å². The average Bonchev–Trinajstić information content (AvgIpc) is 2.48. The molecule has 0 aliphatic heterocycles. The van der Waals surface area contributed by atoms with Crippen LogP contribution in [0.4, 0.5) is 0 Å². The summed E-state index contributed by atoms with van der Waals surface area (Å²) in [6, 6.07) is 12.3. The lowest BCUT2D eigenvalue weighted by Crippen LogP contribution is -2.40. The highest BCUT2D eigenvalue weighted by molar-refractivity contribution is 5.19. The molecule has 1 aliphatic rings. The maximum Gasteiger partial charge on any atom is 0.0322 e. The molecule has 0 bridgehead atoms. The summed E-state index contributed by atoms with van der Waals surface area (Å²) < 4.78 is 0. The fourth-order valence-electron chi connectivity index (χ4n) is 3.49. The summed E-state index contributed by atoms with van der Waals surface area (Å²) in [4.78, 5) is 0. The van der Waals surface area contributed by atoms with E-state index >= 15 is 0 Å². The van der Waals surface area contributed by atoms with E-state index in [4.69, 9.17) is 0 Å². The fourth-order valence-corrected chi connectivity index (χ4v) is 3.49. The summed E-state index contributed by atoms with van der Waals surface area (Å²) in [7, 11) is 0. The maximum atomic E-state index is 3.97. The number of hydrogen-bond donors (Lipinski definition) is 1. The molecule has 0 heterocycles. The minimum atomic E-state index is 0.545. The second kappa shape index (κ2) is 7.69. The molecule has 2 rings (SSSR count). The van der Waals surface area contributed by atoms with Gasteiger partial charge < -0.3 is 5.32 Å². The van der Waals surface area contributed by atoms with E-state index in [1.54, 1.807) is 0 Å². The topological polar surface area (TPSA) is 12.0 Å². The molecule has 1 saturated carbocycles. The SMILES string of the molecule is CCCC(NC1CCCCC1CC)c1ccccc1. The predicted octanol–water partition coefficient (Wildman–Crippen LogP) is 5.09. The first-order valence-corrected chi connectivity index (χ1v) is 8.16. The van der Waals surface area contributed by atoms with Gasteiger partial charge in [0.15, 0.2) is 0 Å². The number of benzene rings is 1. The Hall–Kier alpha value is -0.820. The predicted molar refractivity (Wildman–Crippen MR) is 83.3 cm³/mol. The summed E-state index contributed by atoms with van der Waals surface area (Å²) in [6.07, 6.45) is 9.44. The van der Waals surface area contributed by atoms with Gasteiger partial charge in [0.05, 0.1) is 0 Å².